The molecule has 0 rings (SSSR count). The van der Waals surface area contributed by atoms with E-state index in [0.717, 1.165) is 38.4 Å². The van der Waals surface area contributed by atoms with Crippen LogP contribution in [0.5, 0.6) is 0 Å². The van der Waals surface area contributed by atoms with E-state index in [1.807, 2.05) is 0 Å². The fourth-order valence-electron chi connectivity index (χ4n) is 1.01. The van der Waals surface area contributed by atoms with Crippen LogP contribution in [-0.2, 0) is 4.74 Å². The van der Waals surface area contributed by atoms with E-state index in [4.69, 9.17) is 9.84 Å². The number of rotatable bonds is 8. The smallest absolute Gasteiger partial charge is 0.0466 e. The predicted molar refractivity (Wildman–Crippen MR) is 51.2 cm³/mol. The molecule has 0 aromatic heterocycles. The second-order valence-electron chi connectivity index (χ2n) is 3.58. The normalized spacial score (nSPS) is 11.0. The van der Waals surface area contributed by atoms with Crippen molar-refractivity contribution in [2.75, 3.05) is 19.8 Å². The molecule has 1 N–H and O–H groups in total. The third-order valence-electron chi connectivity index (χ3n) is 1.77. The molecular formula is C10H22O2. The van der Waals surface area contributed by atoms with Gasteiger partial charge in [0.05, 0.1) is 0 Å². The summed E-state index contributed by atoms with van der Waals surface area (Å²) in [5.74, 6) is 0.783. The summed E-state index contributed by atoms with van der Waals surface area (Å²) in [6.45, 7) is 6.43. The minimum atomic E-state index is 0.287. The van der Waals surface area contributed by atoms with Gasteiger partial charge in [0.1, 0.15) is 0 Å². The highest BCUT2D eigenvalue weighted by Gasteiger charge is 1.93. The Kier molecular flexibility index (Phi) is 8.95. The van der Waals surface area contributed by atoms with E-state index in [0.29, 0.717) is 0 Å². The van der Waals surface area contributed by atoms with Crippen LogP contribution in [0.3, 0.4) is 0 Å². The van der Waals surface area contributed by atoms with Crippen molar-refractivity contribution >= 4 is 0 Å². The average Bonchev–Trinajstić information content (AvgIpc) is 2.02. The number of aliphatic hydroxyl groups is 1. The van der Waals surface area contributed by atoms with Crippen molar-refractivity contribution in [1.82, 2.24) is 0 Å². The number of aliphatic hydroxyl groups excluding tert-OH is 1. The first kappa shape index (κ1) is 11.9. The summed E-state index contributed by atoms with van der Waals surface area (Å²) >= 11 is 0. The lowest BCUT2D eigenvalue weighted by atomic mass is 10.1. The lowest BCUT2D eigenvalue weighted by molar-refractivity contribution is 0.119. The maximum atomic E-state index is 8.49. The first-order valence-electron chi connectivity index (χ1n) is 4.96. The van der Waals surface area contributed by atoms with Crippen molar-refractivity contribution < 1.29 is 9.84 Å². The molecule has 0 spiro atoms. The Bertz CT molecular complexity index is 81.9. The van der Waals surface area contributed by atoms with Crippen LogP contribution in [0.25, 0.3) is 0 Å². The SMILES string of the molecule is CC(C)CCCOCCCCO. The van der Waals surface area contributed by atoms with Gasteiger partial charge in [-0.3, -0.25) is 0 Å². The molecule has 12 heavy (non-hydrogen) atoms. The zero-order valence-corrected chi connectivity index (χ0v) is 8.38. The number of hydrogen-bond donors (Lipinski definition) is 1. The topological polar surface area (TPSA) is 29.5 Å². The van der Waals surface area contributed by atoms with Gasteiger partial charge in [-0.2, -0.15) is 0 Å². The summed E-state index contributed by atoms with van der Waals surface area (Å²) in [7, 11) is 0. The highest BCUT2D eigenvalue weighted by molar-refractivity contribution is 4.44. The van der Waals surface area contributed by atoms with Gasteiger partial charge in [-0.05, 0) is 31.6 Å². The van der Waals surface area contributed by atoms with Gasteiger partial charge < -0.3 is 9.84 Å². The largest absolute Gasteiger partial charge is 0.396 e. The molecule has 0 radical (unpaired) electrons. The fourth-order valence-corrected chi connectivity index (χ4v) is 1.01. The Morgan fingerprint density at radius 1 is 1.08 bits per heavy atom. The Balaban J connectivity index is 2.82. The van der Waals surface area contributed by atoms with Crippen molar-refractivity contribution in [3.63, 3.8) is 0 Å². The molecule has 74 valence electrons. The molecule has 0 aliphatic heterocycles. The summed E-state index contributed by atoms with van der Waals surface area (Å²) < 4.78 is 5.38. The van der Waals surface area contributed by atoms with Crippen LogP contribution in [0.1, 0.15) is 39.5 Å². The minimum Gasteiger partial charge on any atom is -0.396 e. The van der Waals surface area contributed by atoms with Gasteiger partial charge in [0.15, 0.2) is 0 Å². The molecule has 0 fully saturated rings. The van der Waals surface area contributed by atoms with Gasteiger partial charge in [0, 0.05) is 19.8 Å². The van der Waals surface area contributed by atoms with Crippen LogP contribution >= 0.6 is 0 Å². The molecule has 0 aromatic carbocycles. The van der Waals surface area contributed by atoms with E-state index in [-0.39, 0.29) is 6.61 Å². The Morgan fingerprint density at radius 2 is 1.75 bits per heavy atom. The second-order valence-corrected chi connectivity index (χ2v) is 3.58. The van der Waals surface area contributed by atoms with Crippen LogP contribution in [0.15, 0.2) is 0 Å². The van der Waals surface area contributed by atoms with Crippen LogP contribution < -0.4 is 0 Å². The highest BCUT2D eigenvalue weighted by atomic mass is 16.5. The van der Waals surface area contributed by atoms with Crippen LogP contribution in [0.2, 0.25) is 0 Å². The molecule has 0 bridgehead atoms. The standard InChI is InChI=1S/C10H22O2/c1-10(2)6-5-9-12-8-4-3-7-11/h10-11H,3-9H2,1-2H3. The fraction of sp³-hybridized carbons (Fsp3) is 1.00. The quantitative estimate of drug-likeness (QED) is 0.572. The van der Waals surface area contributed by atoms with Gasteiger partial charge in [0.2, 0.25) is 0 Å². The molecule has 0 aliphatic rings. The Labute approximate surface area is 75.9 Å². The zero-order chi connectivity index (χ0) is 9.23. The summed E-state index contributed by atoms with van der Waals surface area (Å²) in [5, 5.41) is 8.49. The molecule has 0 aromatic rings. The van der Waals surface area contributed by atoms with Crippen molar-refractivity contribution in [3.05, 3.63) is 0 Å². The van der Waals surface area contributed by atoms with Crippen molar-refractivity contribution in [2.45, 2.75) is 39.5 Å². The maximum Gasteiger partial charge on any atom is 0.0466 e. The van der Waals surface area contributed by atoms with E-state index in [2.05, 4.69) is 13.8 Å². The molecule has 0 amide bonds. The van der Waals surface area contributed by atoms with Gasteiger partial charge in [-0.15, -0.1) is 0 Å². The lowest BCUT2D eigenvalue weighted by Gasteiger charge is -2.05. The first-order chi connectivity index (χ1) is 5.77. The minimum absolute atomic E-state index is 0.287. The lowest BCUT2D eigenvalue weighted by Crippen LogP contribution is -1.99. The zero-order valence-electron chi connectivity index (χ0n) is 8.38. The average molecular weight is 174 g/mol. The molecule has 0 saturated carbocycles. The number of hydrogen-bond acceptors (Lipinski definition) is 2. The molecular weight excluding hydrogens is 152 g/mol. The molecule has 2 heteroatoms. The van der Waals surface area contributed by atoms with Crippen LogP contribution in [-0.4, -0.2) is 24.9 Å². The highest BCUT2D eigenvalue weighted by Crippen LogP contribution is 2.03. The van der Waals surface area contributed by atoms with Crippen molar-refractivity contribution in [1.29, 1.82) is 0 Å². The molecule has 0 unspecified atom stereocenters. The second kappa shape index (κ2) is 9.01. The predicted octanol–water partition coefficient (Wildman–Crippen LogP) is 2.21. The van der Waals surface area contributed by atoms with E-state index >= 15 is 0 Å². The van der Waals surface area contributed by atoms with E-state index < -0.39 is 0 Å². The first-order valence-corrected chi connectivity index (χ1v) is 4.96. The van der Waals surface area contributed by atoms with Crippen LogP contribution in [0, 0.1) is 5.92 Å². The molecule has 0 atom stereocenters. The number of unbranched alkanes of at least 4 members (excludes halogenated alkanes) is 1. The van der Waals surface area contributed by atoms with Gasteiger partial charge in [0.25, 0.3) is 0 Å². The molecule has 2 nitrogen and oxygen atoms in total. The third-order valence-corrected chi connectivity index (χ3v) is 1.77. The van der Waals surface area contributed by atoms with Crippen molar-refractivity contribution in [3.8, 4) is 0 Å². The maximum absolute atomic E-state index is 8.49. The third kappa shape index (κ3) is 9.92. The monoisotopic (exact) mass is 174 g/mol. The number of ether oxygens (including phenoxy) is 1. The van der Waals surface area contributed by atoms with Gasteiger partial charge in [-0.25, -0.2) is 0 Å². The summed E-state index contributed by atoms with van der Waals surface area (Å²) in [4.78, 5) is 0. The Morgan fingerprint density at radius 3 is 2.33 bits per heavy atom. The molecule has 0 saturated heterocycles. The van der Waals surface area contributed by atoms with Crippen LogP contribution in [0.4, 0.5) is 0 Å². The van der Waals surface area contributed by atoms with Crippen molar-refractivity contribution in [2.24, 2.45) is 5.92 Å². The van der Waals surface area contributed by atoms with E-state index in [9.17, 15) is 0 Å². The molecule has 0 heterocycles. The summed E-state index contributed by atoms with van der Waals surface area (Å²) in [5.41, 5.74) is 0. The van der Waals surface area contributed by atoms with Gasteiger partial charge >= 0.3 is 0 Å². The molecule has 0 aliphatic carbocycles. The summed E-state index contributed by atoms with van der Waals surface area (Å²) in [6.07, 6.45) is 4.26. The van der Waals surface area contributed by atoms with E-state index in [1.54, 1.807) is 0 Å². The summed E-state index contributed by atoms with van der Waals surface area (Å²) in [6, 6.07) is 0. The van der Waals surface area contributed by atoms with Gasteiger partial charge in [-0.1, -0.05) is 13.8 Å². The van der Waals surface area contributed by atoms with E-state index in [1.165, 1.54) is 6.42 Å². The Hall–Kier alpha value is -0.0800.